The number of benzene rings is 1. The molecule has 21 heavy (non-hydrogen) atoms. The van der Waals surface area contributed by atoms with E-state index in [1.807, 2.05) is 36.4 Å². The van der Waals surface area contributed by atoms with E-state index in [2.05, 4.69) is 28.9 Å². The van der Waals surface area contributed by atoms with E-state index in [4.69, 9.17) is 5.11 Å². The van der Waals surface area contributed by atoms with E-state index in [9.17, 15) is 4.79 Å². The number of nitrogens with zero attached hydrogens (tertiary/aromatic N) is 2. The molecule has 1 aromatic heterocycles. The fourth-order valence-corrected chi connectivity index (χ4v) is 2.29. The molecule has 1 heterocycles. The fraction of sp³-hybridized carbons (Fsp3) is 0.294. The molecule has 0 spiro atoms. The molecular weight excluding hydrogens is 264 g/mol. The van der Waals surface area contributed by atoms with Gasteiger partial charge in [0.25, 0.3) is 0 Å². The van der Waals surface area contributed by atoms with Gasteiger partial charge in [0.05, 0.1) is 12.1 Å². The SMILES string of the molecule is CC(c1ccccc1)N(CCC(=O)O)Cc1ccccn1. The Labute approximate surface area is 125 Å². The molecule has 4 nitrogen and oxygen atoms in total. The first kappa shape index (κ1) is 15.2. The number of rotatable bonds is 7. The Hall–Kier alpha value is -2.20. The second-order valence-corrected chi connectivity index (χ2v) is 5.02. The average molecular weight is 284 g/mol. The van der Waals surface area contributed by atoms with Gasteiger partial charge in [-0.2, -0.15) is 0 Å². The van der Waals surface area contributed by atoms with Gasteiger partial charge in [0, 0.05) is 25.3 Å². The van der Waals surface area contributed by atoms with Gasteiger partial charge in [0.1, 0.15) is 0 Å². The van der Waals surface area contributed by atoms with Crippen LogP contribution >= 0.6 is 0 Å². The van der Waals surface area contributed by atoms with Crippen LogP contribution in [0.2, 0.25) is 0 Å². The first-order chi connectivity index (χ1) is 10.2. The molecule has 1 N–H and O–H groups in total. The lowest BCUT2D eigenvalue weighted by molar-refractivity contribution is -0.137. The van der Waals surface area contributed by atoms with Gasteiger partial charge >= 0.3 is 5.97 Å². The number of carboxylic acids is 1. The van der Waals surface area contributed by atoms with Gasteiger partial charge in [-0.25, -0.2) is 0 Å². The highest BCUT2D eigenvalue weighted by Gasteiger charge is 2.17. The molecule has 0 bridgehead atoms. The van der Waals surface area contributed by atoms with Gasteiger partial charge in [-0.1, -0.05) is 36.4 Å². The minimum absolute atomic E-state index is 0.129. The molecule has 1 atom stereocenters. The van der Waals surface area contributed by atoms with Crippen LogP contribution in [0, 0.1) is 0 Å². The van der Waals surface area contributed by atoms with Crippen LogP contribution < -0.4 is 0 Å². The highest BCUT2D eigenvalue weighted by Crippen LogP contribution is 2.21. The summed E-state index contributed by atoms with van der Waals surface area (Å²) in [5.74, 6) is -0.777. The number of aromatic nitrogens is 1. The minimum Gasteiger partial charge on any atom is -0.481 e. The smallest absolute Gasteiger partial charge is 0.304 e. The minimum atomic E-state index is -0.777. The number of hydrogen-bond donors (Lipinski definition) is 1. The summed E-state index contributed by atoms with van der Waals surface area (Å²) in [6.07, 6.45) is 1.89. The number of hydrogen-bond acceptors (Lipinski definition) is 3. The summed E-state index contributed by atoms with van der Waals surface area (Å²) in [4.78, 5) is 17.4. The van der Waals surface area contributed by atoms with Crippen molar-refractivity contribution < 1.29 is 9.90 Å². The van der Waals surface area contributed by atoms with Crippen LogP contribution in [-0.2, 0) is 11.3 Å². The maximum atomic E-state index is 10.9. The molecule has 0 saturated carbocycles. The molecule has 0 fully saturated rings. The molecule has 0 radical (unpaired) electrons. The van der Waals surface area contributed by atoms with E-state index in [0.717, 1.165) is 5.69 Å². The summed E-state index contributed by atoms with van der Waals surface area (Å²) in [5, 5.41) is 8.94. The average Bonchev–Trinajstić information content (AvgIpc) is 2.52. The molecule has 0 amide bonds. The van der Waals surface area contributed by atoms with Crippen LogP contribution in [0.3, 0.4) is 0 Å². The highest BCUT2D eigenvalue weighted by atomic mass is 16.4. The van der Waals surface area contributed by atoms with E-state index >= 15 is 0 Å². The second kappa shape index (κ2) is 7.55. The Balaban J connectivity index is 2.13. The standard InChI is InChI=1S/C17H20N2O2/c1-14(15-7-3-2-4-8-15)19(12-10-17(20)21)13-16-9-5-6-11-18-16/h2-9,11,14H,10,12-13H2,1H3,(H,20,21). The van der Waals surface area contributed by atoms with Crippen molar-refractivity contribution >= 4 is 5.97 Å². The maximum absolute atomic E-state index is 10.9. The van der Waals surface area contributed by atoms with Gasteiger partial charge in [0.15, 0.2) is 0 Å². The number of pyridine rings is 1. The molecule has 0 aliphatic carbocycles. The number of carboxylic acid groups (broad SMARTS) is 1. The zero-order valence-corrected chi connectivity index (χ0v) is 12.1. The van der Waals surface area contributed by atoms with Crippen molar-refractivity contribution in [1.29, 1.82) is 0 Å². The lowest BCUT2D eigenvalue weighted by Crippen LogP contribution is -2.29. The Morgan fingerprint density at radius 1 is 1.19 bits per heavy atom. The van der Waals surface area contributed by atoms with E-state index < -0.39 is 5.97 Å². The van der Waals surface area contributed by atoms with Gasteiger partial charge in [-0.15, -0.1) is 0 Å². The number of aliphatic carboxylic acids is 1. The molecule has 1 unspecified atom stereocenters. The van der Waals surface area contributed by atoms with Gasteiger partial charge in [-0.3, -0.25) is 14.7 Å². The third-order valence-electron chi connectivity index (χ3n) is 3.53. The summed E-state index contributed by atoms with van der Waals surface area (Å²) in [5.41, 5.74) is 2.13. The molecule has 1 aromatic carbocycles. The third kappa shape index (κ3) is 4.68. The van der Waals surface area contributed by atoms with E-state index in [1.54, 1.807) is 6.20 Å². The summed E-state index contributed by atoms with van der Waals surface area (Å²) in [7, 11) is 0. The molecule has 2 aromatic rings. The van der Waals surface area contributed by atoms with Gasteiger partial charge in [-0.05, 0) is 24.6 Å². The quantitative estimate of drug-likeness (QED) is 0.848. The number of carbonyl (C=O) groups is 1. The second-order valence-electron chi connectivity index (χ2n) is 5.02. The van der Waals surface area contributed by atoms with Crippen LogP contribution in [-0.4, -0.2) is 27.5 Å². The maximum Gasteiger partial charge on any atom is 0.304 e. The van der Waals surface area contributed by atoms with Crippen molar-refractivity contribution in [1.82, 2.24) is 9.88 Å². The Morgan fingerprint density at radius 3 is 2.52 bits per heavy atom. The van der Waals surface area contributed by atoms with Crippen molar-refractivity contribution in [3.05, 3.63) is 66.0 Å². The van der Waals surface area contributed by atoms with Crippen LogP contribution in [0.15, 0.2) is 54.7 Å². The zero-order chi connectivity index (χ0) is 15.1. The van der Waals surface area contributed by atoms with Crippen molar-refractivity contribution in [3.8, 4) is 0 Å². The van der Waals surface area contributed by atoms with Gasteiger partial charge < -0.3 is 5.11 Å². The summed E-state index contributed by atoms with van der Waals surface area (Å²) in [6.45, 7) is 3.24. The van der Waals surface area contributed by atoms with Crippen LogP contribution in [0.5, 0.6) is 0 Å². The summed E-state index contributed by atoms with van der Waals surface area (Å²) in [6, 6.07) is 16.1. The Morgan fingerprint density at radius 2 is 1.90 bits per heavy atom. The largest absolute Gasteiger partial charge is 0.481 e. The Bertz CT molecular complexity index is 558. The Kier molecular flexibility index (Phi) is 5.46. The highest BCUT2D eigenvalue weighted by molar-refractivity contribution is 5.66. The predicted octanol–water partition coefficient (Wildman–Crippen LogP) is 3.12. The lowest BCUT2D eigenvalue weighted by atomic mass is 10.1. The van der Waals surface area contributed by atoms with Crippen molar-refractivity contribution in [3.63, 3.8) is 0 Å². The lowest BCUT2D eigenvalue weighted by Gasteiger charge is -2.28. The molecule has 4 heteroatoms. The van der Waals surface area contributed by atoms with Crippen LogP contribution in [0.4, 0.5) is 0 Å². The van der Waals surface area contributed by atoms with E-state index in [-0.39, 0.29) is 12.5 Å². The van der Waals surface area contributed by atoms with Crippen LogP contribution in [0.1, 0.15) is 30.6 Å². The molecule has 0 aliphatic rings. The summed E-state index contributed by atoms with van der Waals surface area (Å²) < 4.78 is 0. The third-order valence-corrected chi connectivity index (χ3v) is 3.53. The van der Waals surface area contributed by atoms with Crippen LogP contribution in [0.25, 0.3) is 0 Å². The van der Waals surface area contributed by atoms with Crippen molar-refractivity contribution in [2.45, 2.75) is 25.9 Å². The predicted molar refractivity (Wildman–Crippen MR) is 81.8 cm³/mol. The molecular formula is C17H20N2O2. The normalized spacial score (nSPS) is 12.3. The monoisotopic (exact) mass is 284 g/mol. The first-order valence-electron chi connectivity index (χ1n) is 7.07. The van der Waals surface area contributed by atoms with Crippen molar-refractivity contribution in [2.75, 3.05) is 6.54 Å². The first-order valence-corrected chi connectivity index (χ1v) is 7.07. The van der Waals surface area contributed by atoms with E-state index in [0.29, 0.717) is 13.1 Å². The van der Waals surface area contributed by atoms with E-state index in [1.165, 1.54) is 5.56 Å². The fourth-order valence-electron chi connectivity index (χ4n) is 2.29. The molecule has 110 valence electrons. The van der Waals surface area contributed by atoms with Crippen molar-refractivity contribution in [2.24, 2.45) is 0 Å². The molecule has 2 rings (SSSR count). The van der Waals surface area contributed by atoms with Gasteiger partial charge in [0.2, 0.25) is 0 Å². The molecule has 0 saturated heterocycles. The summed E-state index contributed by atoms with van der Waals surface area (Å²) >= 11 is 0. The zero-order valence-electron chi connectivity index (χ0n) is 12.1. The topological polar surface area (TPSA) is 53.4 Å². The molecule has 0 aliphatic heterocycles.